The lowest BCUT2D eigenvalue weighted by Gasteiger charge is -2.59. The van der Waals surface area contributed by atoms with Crippen molar-refractivity contribution in [2.45, 2.75) is 64.5 Å². The average Bonchev–Trinajstić information content (AvgIpc) is 3.79. The number of hydrogen-bond acceptors (Lipinski definition) is 15. The molecule has 2 aliphatic carbocycles. The van der Waals surface area contributed by atoms with Gasteiger partial charge in [0.25, 0.3) is 11.5 Å². The van der Waals surface area contributed by atoms with Gasteiger partial charge in [0.1, 0.15) is 23.1 Å². The first kappa shape index (κ1) is 41.4. The highest BCUT2D eigenvalue weighted by Crippen LogP contribution is 2.49. The predicted octanol–water partition coefficient (Wildman–Crippen LogP) is 4.92. The minimum atomic E-state index is -0.332. The third-order valence-electron chi connectivity index (χ3n) is 12.9. The Balaban J connectivity index is 0.762. The summed E-state index contributed by atoms with van der Waals surface area (Å²) in [6.45, 7) is 7.21. The van der Waals surface area contributed by atoms with Crippen LogP contribution in [0.5, 0.6) is 0 Å². The molecule has 2 saturated carbocycles. The molecule has 0 atom stereocenters. The van der Waals surface area contributed by atoms with E-state index in [1.807, 2.05) is 40.9 Å². The van der Waals surface area contributed by atoms with Crippen molar-refractivity contribution in [3.8, 4) is 0 Å². The molecule has 4 fully saturated rings. The van der Waals surface area contributed by atoms with E-state index in [9.17, 15) is 19.2 Å². The third kappa shape index (κ3) is 8.14. The van der Waals surface area contributed by atoms with Crippen LogP contribution >= 0.6 is 0 Å². The maximum atomic E-state index is 13.6. The van der Waals surface area contributed by atoms with Crippen LogP contribution < -0.4 is 36.6 Å². The fourth-order valence-electron chi connectivity index (χ4n) is 9.57. The molecule has 19 heteroatoms. The zero-order chi connectivity index (χ0) is 44.0. The molecule has 1 spiro atoms. The number of fused-ring (bicyclic) bond motifs is 1. The minimum absolute atomic E-state index is 0.00536. The summed E-state index contributed by atoms with van der Waals surface area (Å²) >= 11 is 0. The smallest absolute Gasteiger partial charge is 0.320 e. The number of pyridine rings is 3. The van der Waals surface area contributed by atoms with Crippen LogP contribution in [-0.4, -0.2) is 129 Å². The molecule has 63 heavy (non-hydrogen) atoms. The van der Waals surface area contributed by atoms with E-state index in [-0.39, 0.29) is 46.3 Å². The van der Waals surface area contributed by atoms with E-state index < -0.39 is 0 Å². The molecule has 19 nitrogen and oxygen atoms in total. The number of likely N-dealkylation sites (tertiary alicyclic amines) is 1. The van der Waals surface area contributed by atoms with Gasteiger partial charge in [-0.2, -0.15) is 4.98 Å². The van der Waals surface area contributed by atoms with Crippen molar-refractivity contribution >= 4 is 69.5 Å². The lowest BCUT2D eigenvalue weighted by Crippen LogP contribution is -2.68. The summed E-state index contributed by atoms with van der Waals surface area (Å²) in [5.74, 6) is 2.47. The molecule has 2 aliphatic heterocycles. The fourth-order valence-corrected chi connectivity index (χ4v) is 9.57. The second-order valence-corrected chi connectivity index (χ2v) is 17.5. The first-order valence-corrected chi connectivity index (χ1v) is 21.6. The predicted molar refractivity (Wildman–Crippen MR) is 241 cm³/mol. The van der Waals surface area contributed by atoms with Gasteiger partial charge < -0.3 is 40.9 Å². The topological polar surface area (TPSA) is 212 Å². The number of nitrogens with one attached hydrogen (secondary N) is 4. The van der Waals surface area contributed by atoms with Crippen molar-refractivity contribution in [3.63, 3.8) is 0 Å². The van der Waals surface area contributed by atoms with E-state index in [0.717, 1.165) is 44.2 Å². The van der Waals surface area contributed by atoms with Crippen molar-refractivity contribution in [3.05, 3.63) is 75.8 Å². The molecule has 4 aliphatic rings. The van der Waals surface area contributed by atoms with E-state index in [4.69, 9.17) is 4.98 Å². The summed E-state index contributed by atoms with van der Waals surface area (Å²) in [4.78, 5) is 79.5. The zero-order valence-electron chi connectivity index (χ0n) is 36.3. The Hall–Kier alpha value is -6.92. The first-order chi connectivity index (χ1) is 30.4. The molecular weight excluding hydrogens is 803 g/mol. The maximum Gasteiger partial charge on any atom is 0.320 e. The average molecular weight is 856 g/mol. The summed E-state index contributed by atoms with van der Waals surface area (Å²) in [5, 5.41) is 21.5. The molecule has 0 unspecified atom stereocenters. The van der Waals surface area contributed by atoms with Gasteiger partial charge in [-0.05, 0) is 81.5 Å². The molecule has 7 heterocycles. The summed E-state index contributed by atoms with van der Waals surface area (Å²) in [6.07, 6.45) is 9.04. The summed E-state index contributed by atoms with van der Waals surface area (Å²) in [6, 6.07) is 11.1. The second kappa shape index (κ2) is 16.7. The van der Waals surface area contributed by atoms with Gasteiger partial charge in [0.2, 0.25) is 5.95 Å². The van der Waals surface area contributed by atoms with Crippen LogP contribution in [-0.2, 0) is 0 Å². The lowest BCUT2D eigenvalue weighted by atomic mass is 9.60. The summed E-state index contributed by atoms with van der Waals surface area (Å²) in [7, 11) is 5.53. The van der Waals surface area contributed by atoms with Crippen molar-refractivity contribution in [1.82, 2.24) is 44.5 Å². The van der Waals surface area contributed by atoms with Crippen molar-refractivity contribution < 1.29 is 14.4 Å². The number of carbonyl (C=O) groups excluding carboxylic acids is 3. The number of urea groups is 1. The number of ketones is 1. The molecule has 328 valence electrons. The van der Waals surface area contributed by atoms with Crippen LogP contribution in [0.1, 0.15) is 77.8 Å². The quantitative estimate of drug-likeness (QED) is 0.130. The molecule has 0 radical (unpaired) electrons. The highest BCUT2D eigenvalue weighted by molar-refractivity contribution is 6.07. The van der Waals surface area contributed by atoms with Gasteiger partial charge in [-0.3, -0.25) is 19.0 Å². The van der Waals surface area contributed by atoms with Gasteiger partial charge in [-0.25, -0.2) is 19.7 Å². The number of piperazine rings is 1. The van der Waals surface area contributed by atoms with Gasteiger partial charge in [-0.1, -0.05) is 12.8 Å². The fraction of sp³-hybridized carbons (Fsp3) is 0.455. The largest absolute Gasteiger partial charge is 0.373 e. The van der Waals surface area contributed by atoms with Crippen LogP contribution in [0, 0.1) is 12.3 Å². The van der Waals surface area contributed by atoms with Crippen LogP contribution in [0.3, 0.4) is 0 Å². The molecule has 0 bridgehead atoms. The molecule has 2 saturated heterocycles. The SMILES string of the molecule is CNc1ccc(C(=O)Nc2ccc(N(C)C)nn2)c(NC2CC3(C2)CN(C(=O)N2CCN(c4ccc(Nc5ncc6c(C)c(C(C)=O)c(=O)n(C7CCCC7)c6n5)nc4)CC2)C3)n1. The van der Waals surface area contributed by atoms with Crippen LogP contribution in [0.15, 0.2) is 53.6 Å². The highest BCUT2D eigenvalue weighted by atomic mass is 16.2. The van der Waals surface area contributed by atoms with E-state index in [0.29, 0.717) is 96.5 Å². The van der Waals surface area contributed by atoms with Gasteiger partial charge >= 0.3 is 6.03 Å². The van der Waals surface area contributed by atoms with E-state index in [2.05, 4.69) is 51.3 Å². The number of amides is 3. The Morgan fingerprint density at radius 2 is 1.57 bits per heavy atom. The van der Waals surface area contributed by atoms with E-state index >= 15 is 0 Å². The van der Waals surface area contributed by atoms with Crippen LogP contribution in [0.25, 0.3) is 11.0 Å². The Bertz CT molecular complexity index is 2610. The Morgan fingerprint density at radius 3 is 2.22 bits per heavy atom. The van der Waals surface area contributed by atoms with Gasteiger partial charge in [0.15, 0.2) is 17.4 Å². The molecule has 4 N–H and O–H groups in total. The van der Waals surface area contributed by atoms with Crippen LogP contribution in [0.2, 0.25) is 0 Å². The lowest BCUT2D eigenvalue weighted by molar-refractivity contribution is -0.0481. The van der Waals surface area contributed by atoms with Crippen molar-refractivity contribution in [2.24, 2.45) is 5.41 Å². The monoisotopic (exact) mass is 855 g/mol. The molecule has 0 aromatic carbocycles. The number of nitrogens with zero attached hydrogens (tertiary/aromatic N) is 11. The minimum Gasteiger partial charge on any atom is -0.373 e. The number of Topliss-reactive ketones (excluding diaryl/α,β-unsaturated/α-hetero) is 1. The standard InChI is InChI=1S/C44H53N15O4/c1-26-32-23-47-42(52-39(32)59(29-8-6-7-9-29)41(62)37(26)27(2)60)51-34-12-10-30(22-46-34)56-16-18-57(19-17-56)43(63)58-24-44(25-58)20-28(21-44)48-38-31(11-13-33(45-3)49-38)40(61)50-35-14-15-36(54-53-35)55(4)5/h10-15,22-23,28-29H,6-9,16-21,24-25H2,1-5H3,(H2,45,48,49)(H,50,53,61)(H,46,47,51,52). The highest BCUT2D eigenvalue weighted by Gasteiger charge is 2.54. The molecule has 5 aromatic heterocycles. The molecule has 9 rings (SSSR count). The number of anilines is 7. The number of hydrogen-bond donors (Lipinski definition) is 4. The number of rotatable bonds is 11. The Labute approximate surface area is 364 Å². The van der Waals surface area contributed by atoms with Crippen molar-refractivity contribution in [2.75, 3.05) is 91.5 Å². The Kier molecular flexibility index (Phi) is 11.0. The maximum absolute atomic E-state index is 13.6. The molecular formula is C44H53N15O4. The van der Waals surface area contributed by atoms with E-state index in [1.54, 1.807) is 55.2 Å². The second-order valence-electron chi connectivity index (χ2n) is 17.5. The number of carbonyl (C=O) groups is 3. The third-order valence-corrected chi connectivity index (χ3v) is 12.9. The number of aryl methyl sites for hydroxylation is 1. The molecule has 5 aromatic rings. The summed E-state index contributed by atoms with van der Waals surface area (Å²) in [5.41, 5.74) is 2.47. The first-order valence-electron chi connectivity index (χ1n) is 21.6. The van der Waals surface area contributed by atoms with Gasteiger partial charge in [0, 0.05) is 89.5 Å². The van der Waals surface area contributed by atoms with Crippen LogP contribution in [0.4, 0.5) is 45.5 Å². The normalized spacial score (nSPS) is 17.3. The van der Waals surface area contributed by atoms with Gasteiger partial charge in [-0.15, -0.1) is 10.2 Å². The van der Waals surface area contributed by atoms with E-state index in [1.165, 1.54) is 6.92 Å². The Morgan fingerprint density at radius 1 is 0.841 bits per heavy atom. The number of aromatic nitrogens is 7. The van der Waals surface area contributed by atoms with Gasteiger partial charge in [0.05, 0.1) is 23.0 Å². The molecule has 3 amide bonds. The zero-order valence-corrected chi connectivity index (χ0v) is 36.3. The summed E-state index contributed by atoms with van der Waals surface area (Å²) < 4.78 is 1.70. The van der Waals surface area contributed by atoms with Crippen molar-refractivity contribution in [1.29, 1.82) is 0 Å².